The van der Waals surface area contributed by atoms with Crippen molar-refractivity contribution in [3.8, 4) is 0 Å². The minimum atomic E-state index is -0.220. The molecule has 0 bridgehead atoms. The Kier molecular flexibility index (Phi) is 4.52. The zero-order chi connectivity index (χ0) is 12.8. The Hall–Kier alpha value is -1.62. The molecule has 4 nitrogen and oxygen atoms in total. The summed E-state index contributed by atoms with van der Waals surface area (Å²) in [4.78, 5) is 13.7. The fourth-order valence-corrected chi connectivity index (χ4v) is 2.15. The Morgan fingerprint density at radius 3 is 2.83 bits per heavy atom. The highest BCUT2D eigenvalue weighted by Gasteiger charge is 2.14. The maximum absolute atomic E-state index is 11.6. The first kappa shape index (κ1) is 12.8. The van der Waals surface area contributed by atoms with E-state index in [2.05, 4.69) is 5.32 Å². The summed E-state index contributed by atoms with van der Waals surface area (Å²) >= 11 is 5.20. The van der Waals surface area contributed by atoms with Gasteiger partial charge in [0.25, 0.3) is 0 Å². The molecule has 1 amide bonds. The van der Waals surface area contributed by atoms with E-state index in [0.717, 1.165) is 25.9 Å². The molecule has 0 aliphatic carbocycles. The molecular weight excluding hydrogens is 248 g/mol. The van der Waals surface area contributed by atoms with Crippen molar-refractivity contribution >= 4 is 29.3 Å². The maximum atomic E-state index is 11.6. The summed E-state index contributed by atoms with van der Waals surface area (Å²) in [6.07, 6.45) is 8.13. The van der Waals surface area contributed by atoms with Crippen LogP contribution in [0.4, 0.5) is 0 Å². The van der Waals surface area contributed by atoms with Gasteiger partial charge in [-0.3, -0.25) is 10.1 Å². The second-order valence-corrected chi connectivity index (χ2v) is 4.58. The summed E-state index contributed by atoms with van der Waals surface area (Å²) in [5.41, 5.74) is 0. The van der Waals surface area contributed by atoms with E-state index in [-0.39, 0.29) is 5.91 Å². The third-order valence-electron chi connectivity index (χ3n) is 2.82. The van der Waals surface area contributed by atoms with E-state index < -0.39 is 0 Å². The van der Waals surface area contributed by atoms with Crippen LogP contribution >= 0.6 is 12.2 Å². The van der Waals surface area contributed by atoms with Gasteiger partial charge in [-0.2, -0.15) is 0 Å². The van der Waals surface area contributed by atoms with Crippen LogP contribution in [0.25, 0.3) is 6.08 Å². The Labute approximate surface area is 112 Å². The Morgan fingerprint density at radius 2 is 2.17 bits per heavy atom. The third kappa shape index (κ3) is 3.70. The molecule has 18 heavy (non-hydrogen) atoms. The predicted octanol–water partition coefficient (Wildman–Crippen LogP) is 2.18. The van der Waals surface area contributed by atoms with E-state index in [4.69, 9.17) is 16.6 Å². The quantitative estimate of drug-likeness (QED) is 0.657. The molecule has 1 aromatic heterocycles. The lowest BCUT2D eigenvalue weighted by Gasteiger charge is -2.28. The summed E-state index contributed by atoms with van der Waals surface area (Å²) in [5, 5.41) is 3.22. The van der Waals surface area contributed by atoms with E-state index in [1.807, 2.05) is 4.90 Å². The molecule has 1 fully saturated rings. The Morgan fingerprint density at radius 1 is 1.39 bits per heavy atom. The predicted molar refractivity (Wildman–Crippen MR) is 73.9 cm³/mol. The number of thiocarbonyl (C=S) groups is 1. The molecular formula is C13H16N2O2S. The largest absolute Gasteiger partial charge is 0.465 e. The molecule has 0 atom stereocenters. The van der Waals surface area contributed by atoms with E-state index in [9.17, 15) is 4.79 Å². The van der Waals surface area contributed by atoms with Crippen LogP contribution in [0, 0.1) is 0 Å². The van der Waals surface area contributed by atoms with Gasteiger partial charge < -0.3 is 9.32 Å². The molecule has 1 aliphatic heterocycles. The topological polar surface area (TPSA) is 45.5 Å². The number of rotatable bonds is 2. The smallest absolute Gasteiger partial charge is 0.250 e. The average molecular weight is 264 g/mol. The van der Waals surface area contributed by atoms with Gasteiger partial charge in [0.2, 0.25) is 5.91 Å². The second-order valence-electron chi connectivity index (χ2n) is 4.19. The number of carbonyl (C=O) groups excluding carboxylic acids is 1. The van der Waals surface area contributed by atoms with Gasteiger partial charge in [0, 0.05) is 19.2 Å². The van der Waals surface area contributed by atoms with E-state index in [1.54, 1.807) is 24.5 Å². The zero-order valence-electron chi connectivity index (χ0n) is 10.1. The lowest BCUT2D eigenvalue weighted by atomic mass is 10.1. The molecule has 1 N–H and O–H groups in total. The van der Waals surface area contributed by atoms with E-state index in [0.29, 0.717) is 10.9 Å². The van der Waals surface area contributed by atoms with Gasteiger partial charge in [-0.15, -0.1) is 0 Å². The first-order valence-electron chi connectivity index (χ1n) is 6.07. The second kappa shape index (κ2) is 6.35. The molecule has 0 radical (unpaired) electrons. The third-order valence-corrected chi connectivity index (χ3v) is 3.18. The van der Waals surface area contributed by atoms with Crippen molar-refractivity contribution in [1.29, 1.82) is 0 Å². The molecule has 0 spiro atoms. The standard InChI is InChI=1S/C13H16N2O2S/c16-12(7-6-11-5-4-10-17-11)14-13(18)15-8-2-1-3-9-15/h4-7,10H,1-3,8-9H2,(H,14,16,18)/b7-6+. The highest BCUT2D eigenvalue weighted by Crippen LogP contribution is 2.08. The zero-order valence-corrected chi connectivity index (χ0v) is 10.9. The molecule has 2 heterocycles. The highest BCUT2D eigenvalue weighted by atomic mass is 32.1. The van der Waals surface area contributed by atoms with Crippen molar-refractivity contribution in [1.82, 2.24) is 10.2 Å². The summed E-state index contributed by atoms with van der Waals surface area (Å²) in [6, 6.07) is 3.56. The number of carbonyl (C=O) groups is 1. The molecule has 0 saturated carbocycles. The normalized spacial score (nSPS) is 15.9. The monoisotopic (exact) mass is 264 g/mol. The van der Waals surface area contributed by atoms with Gasteiger partial charge in [0.05, 0.1) is 6.26 Å². The summed E-state index contributed by atoms with van der Waals surface area (Å²) in [6.45, 7) is 1.86. The van der Waals surface area contributed by atoms with Crippen LogP contribution in [-0.4, -0.2) is 29.0 Å². The number of hydrogen-bond donors (Lipinski definition) is 1. The number of nitrogens with one attached hydrogen (secondary N) is 1. The lowest BCUT2D eigenvalue weighted by Crippen LogP contribution is -2.44. The summed E-state index contributed by atoms with van der Waals surface area (Å²) < 4.78 is 5.10. The number of hydrogen-bond acceptors (Lipinski definition) is 3. The highest BCUT2D eigenvalue weighted by molar-refractivity contribution is 7.80. The van der Waals surface area contributed by atoms with E-state index in [1.165, 1.54) is 12.5 Å². The summed E-state index contributed by atoms with van der Waals surface area (Å²) in [7, 11) is 0. The number of piperidine rings is 1. The van der Waals surface area contributed by atoms with Gasteiger partial charge in [-0.25, -0.2) is 0 Å². The van der Waals surface area contributed by atoms with Crippen LogP contribution in [0.1, 0.15) is 25.0 Å². The van der Waals surface area contributed by atoms with E-state index >= 15 is 0 Å². The average Bonchev–Trinajstić information content (AvgIpc) is 2.90. The molecule has 96 valence electrons. The lowest BCUT2D eigenvalue weighted by molar-refractivity contribution is -0.115. The number of likely N-dealkylation sites (tertiary alicyclic amines) is 1. The molecule has 0 unspecified atom stereocenters. The number of furan rings is 1. The molecule has 2 rings (SSSR count). The van der Waals surface area contributed by atoms with Crippen molar-refractivity contribution in [3.63, 3.8) is 0 Å². The Balaban J connectivity index is 1.81. The van der Waals surface area contributed by atoms with Crippen molar-refractivity contribution < 1.29 is 9.21 Å². The minimum Gasteiger partial charge on any atom is -0.465 e. The molecule has 0 aromatic carbocycles. The summed E-state index contributed by atoms with van der Waals surface area (Å²) in [5.74, 6) is 0.427. The fraction of sp³-hybridized carbons (Fsp3) is 0.385. The van der Waals surface area contributed by atoms with Gasteiger partial charge in [-0.05, 0) is 49.7 Å². The van der Waals surface area contributed by atoms with Crippen molar-refractivity contribution in [2.75, 3.05) is 13.1 Å². The molecule has 5 heteroatoms. The first-order chi connectivity index (χ1) is 8.75. The maximum Gasteiger partial charge on any atom is 0.250 e. The van der Waals surface area contributed by atoms with Crippen LogP contribution in [0.2, 0.25) is 0 Å². The number of amides is 1. The van der Waals surface area contributed by atoms with Gasteiger partial charge in [0.15, 0.2) is 5.11 Å². The fourth-order valence-electron chi connectivity index (χ4n) is 1.87. The van der Waals surface area contributed by atoms with Crippen LogP contribution in [-0.2, 0) is 4.79 Å². The minimum absolute atomic E-state index is 0.220. The van der Waals surface area contributed by atoms with Crippen LogP contribution in [0.3, 0.4) is 0 Å². The Bertz CT molecular complexity index is 434. The van der Waals surface area contributed by atoms with Crippen LogP contribution < -0.4 is 5.32 Å². The van der Waals surface area contributed by atoms with Gasteiger partial charge >= 0.3 is 0 Å². The molecule has 1 aromatic rings. The van der Waals surface area contributed by atoms with Crippen molar-refractivity contribution in [2.24, 2.45) is 0 Å². The van der Waals surface area contributed by atoms with Crippen molar-refractivity contribution in [2.45, 2.75) is 19.3 Å². The van der Waals surface area contributed by atoms with Crippen molar-refractivity contribution in [3.05, 3.63) is 30.2 Å². The first-order valence-corrected chi connectivity index (χ1v) is 6.48. The van der Waals surface area contributed by atoms with Crippen LogP contribution in [0.15, 0.2) is 28.9 Å². The number of nitrogens with zero attached hydrogens (tertiary/aromatic N) is 1. The van der Waals surface area contributed by atoms with Gasteiger partial charge in [-0.1, -0.05) is 0 Å². The SMILES string of the molecule is O=C(/C=C/c1ccco1)NC(=S)N1CCCCC1. The van der Waals surface area contributed by atoms with Crippen LogP contribution in [0.5, 0.6) is 0 Å². The van der Waals surface area contributed by atoms with Gasteiger partial charge in [0.1, 0.15) is 5.76 Å². The molecule has 1 saturated heterocycles. The molecule has 1 aliphatic rings.